The van der Waals surface area contributed by atoms with Gasteiger partial charge in [0.1, 0.15) is 0 Å². The van der Waals surface area contributed by atoms with Gasteiger partial charge >= 0.3 is 5.97 Å². The van der Waals surface area contributed by atoms with E-state index >= 15 is 0 Å². The van der Waals surface area contributed by atoms with Crippen molar-refractivity contribution < 1.29 is 22.7 Å². The van der Waals surface area contributed by atoms with Crippen LogP contribution in [0, 0.1) is 0 Å². The minimum atomic E-state index is -3.66. The summed E-state index contributed by atoms with van der Waals surface area (Å²) in [6, 6.07) is 11.7. The maximum atomic E-state index is 12.5. The molecule has 0 atom stereocenters. The van der Waals surface area contributed by atoms with E-state index in [2.05, 4.69) is 5.32 Å². The Morgan fingerprint density at radius 2 is 1.50 bits per heavy atom. The SMILES string of the molecule is CCOC(=O)CCC(=O)Nc1ccc(S(=O)(=O)c2ccc(N)cc2)cc1. The van der Waals surface area contributed by atoms with Gasteiger partial charge in [-0.2, -0.15) is 0 Å². The van der Waals surface area contributed by atoms with Gasteiger partial charge in [0.05, 0.1) is 22.8 Å². The smallest absolute Gasteiger partial charge is 0.306 e. The summed E-state index contributed by atoms with van der Waals surface area (Å²) >= 11 is 0. The van der Waals surface area contributed by atoms with Crippen molar-refractivity contribution in [3.05, 3.63) is 48.5 Å². The average Bonchev–Trinajstić information content (AvgIpc) is 2.61. The lowest BCUT2D eigenvalue weighted by Gasteiger charge is -2.08. The second kappa shape index (κ2) is 8.48. The van der Waals surface area contributed by atoms with E-state index < -0.39 is 15.8 Å². The van der Waals surface area contributed by atoms with Crippen molar-refractivity contribution in [3.63, 3.8) is 0 Å². The Kier molecular flexibility index (Phi) is 6.35. The minimum absolute atomic E-state index is 0.00960. The molecule has 0 aliphatic carbocycles. The summed E-state index contributed by atoms with van der Waals surface area (Å²) in [5.74, 6) is -0.792. The number of nitrogens with one attached hydrogen (secondary N) is 1. The van der Waals surface area contributed by atoms with E-state index in [0.717, 1.165) is 0 Å². The van der Waals surface area contributed by atoms with Crippen LogP contribution in [-0.2, 0) is 24.2 Å². The first kappa shape index (κ1) is 19.5. The number of hydrogen-bond acceptors (Lipinski definition) is 6. The van der Waals surface area contributed by atoms with E-state index in [1.807, 2.05) is 0 Å². The van der Waals surface area contributed by atoms with E-state index in [9.17, 15) is 18.0 Å². The number of hydrogen-bond donors (Lipinski definition) is 2. The van der Waals surface area contributed by atoms with Gasteiger partial charge in [-0.05, 0) is 55.5 Å². The molecule has 0 saturated heterocycles. The lowest BCUT2D eigenvalue weighted by Crippen LogP contribution is -2.14. The van der Waals surface area contributed by atoms with Crippen molar-refractivity contribution in [1.29, 1.82) is 0 Å². The number of ether oxygens (including phenoxy) is 1. The Labute approximate surface area is 152 Å². The third-order valence-electron chi connectivity index (χ3n) is 3.50. The van der Waals surface area contributed by atoms with Crippen LogP contribution in [0.25, 0.3) is 0 Å². The Morgan fingerprint density at radius 3 is 2.04 bits per heavy atom. The molecule has 2 aromatic rings. The summed E-state index contributed by atoms with van der Waals surface area (Å²) in [6.07, 6.45) is -0.0202. The molecule has 0 bridgehead atoms. The number of carbonyl (C=O) groups is 2. The average molecular weight is 376 g/mol. The van der Waals surface area contributed by atoms with Gasteiger partial charge in [0.2, 0.25) is 15.7 Å². The number of esters is 1. The molecule has 0 spiro atoms. The third kappa shape index (κ3) is 5.06. The molecule has 2 aromatic carbocycles. The maximum absolute atomic E-state index is 12.5. The van der Waals surface area contributed by atoms with Crippen molar-refractivity contribution >= 4 is 33.1 Å². The molecular weight excluding hydrogens is 356 g/mol. The zero-order valence-corrected chi connectivity index (χ0v) is 15.1. The van der Waals surface area contributed by atoms with Gasteiger partial charge in [0.15, 0.2) is 0 Å². The molecule has 0 unspecified atom stereocenters. The van der Waals surface area contributed by atoms with Crippen molar-refractivity contribution in [3.8, 4) is 0 Å². The molecule has 0 heterocycles. The van der Waals surface area contributed by atoms with Gasteiger partial charge < -0.3 is 15.8 Å². The van der Waals surface area contributed by atoms with E-state index in [-0.39, 0.29) is 35.1 Å². The highest BCUT2D eigenvalue weighted by Gasteiger charge is 2.17. The van der Waals surface area contributed by atoms with Crippen LogP contribution >= 0.6 is 0 Å². The highest BCUT2D eigenvalue weighted by atomic mass is 32.2. The zero-order valence-electron chi connectivity index (χ0n) is 14.3. The molecule has 0 saturated carbocycles. The fourth-order valence-corrected chi connectivity index (χ4v) is 3.43. The third-order valence-corrected chi connectivity index (χ3v) is 5.29. The predicted molar refractivity (Wildman–Crippen MR) is 97.2 cm³/mol. The molecular formula is C18H20N2O5S. The molecule has 138 valence electrons. The first-order valence-electron chi connectivity index (χ1n) is 7.99. The van der Waals surface area contributed by atoms with Crippen LogP contribution in [0.3, 0.4) is 0 Å². The van der Waals surface area contributed by atoms with Crippen LogP contribution in [-0.4, -0.2) is 26.9 Å². The lowest BCUT2D eigenvalue weighted by molar-refractivity contribution is -0.144. The van der Waals surface area contributed by atoms with E-state index in [0.29, 0.717) is 11.4 Å². The zero-order chi connectivity index (χ0) is 19.2. The molecule has 2 rings (SSSR count). The Morgan fingerprint density at radius 1 is 0.962 bits per heavy atom. The van der Waals surface area contributed by atoms with Gasteiger partial charge in [0, 0.05) is 17.8 Å². The molecule has 0 aliphatic rings. The molecule has 8 heteroatoms. The standard InChI is InChI=1S/C18H20N2O5S/c1-2-25-18(22)12-11-17(21)20-14-5-9-16(10-6-14)26(23,24)15-7-3-13(19)4-8-15/h3-10H,2,11-12,19H2,1H3,(H,20,21). The van der Waals surface area contributed by atoms with Crippen molar-refractivity contribution in [2.75, 3.05) is 17.7 Å². The van der Waals surface area contributed by atoms with Crippen LogP contribution in [0.15, 0.2) is 58.3 Å². The summed E-state index contributed by atoms with van der Waals surface area (Å²) in [6.45, 7) is 1.96. The molecule has 1 amide bonds. The number of nitrogens with two attached hydrogens (primary N) is 1. The van der Waals surface area contributed by atoms with Gasteiger partial charge in [-0.15, -0.1) is 0 Å². The van der Waals surface area contributed by atoms with E-state index in [4.69, 9.17) is 10.5 Å². The maximum Gasteiger partial charge on any atom is 0.306 e. The summed E-state index contributed by atoms with van der Waals surface area (Å²) in [5, 5.41) is 2.61. The Balaban J connectivity index is 2.02. The topological polar surface area (TPSA) is 116 Å². The highest BCUT2D eigenvalue weighted by Crippen LogP contribution is 2.23. The van der Waals surface area contributed by atoms with Gasteiger partial charge in [-0.3, -0.25) is 9.59 Å². The van der Waals surface area contributed by atoms with Crippen molar-refractivity contribution in [1.82, 2.24) is 0 Å². The van der Waals surface area contributed by atoms with Crippen molar-refractivity contribution in [2.24, 2.45) is 0 Å². The molecule has 0 aromatic heterocycles. The molecule has 7 nitrogen and oxygen atoms in total. The lowest BCUT2D eigenvalue weighted by atomic mass is 10.2. The number of amides is 1. The number of carbonyl (C=O) groups excluding carboxylic acids is 2. The first-order chi connectivity index (χ1) is 12.3. The van der Waals surface area contributed by atoms with Crippen LogP contribution in [0.5, 0.6) is 0 Å². The number of sulfone groups is 1. The summed E-state index contributed by atoms with van der Waals surface area (Å²) in [4.78, 5) is 23.3. The largest absolute Gasteiger partial charge is 0.466 e. The monoisotopic (exact) mass is 376 g/mol. The fraction of sp³-hybridized carbons (Fsp3) is 0.222. The Bertz CT molecular complexity index is 875. The van der Waals surface area contributed by atoms with Crippen LogP contribution < -0.4 is 11.1 Å². The second-order valence-corrected chi connectivity index (χ2v) is 7.40. The van der Waals surface area contributed by atoms with E-state index in [1.165, 1.54) is 48.5 Å². The van der Waals surface area contributed by atoms with Gasteiger partial charge in [-0.25, -0.2) is 8.42 Å². The highest BCUT2D eigenvalue weighted by molar-refractivity contribution is 7.91. The van der Waals surface area contributed by atoms with E-state index in [1.54, 1.807) is 6.92 Å². The summed E-state index contributed by atoms with van der Waals surface area (Å²) < 4.78 is 29.8. The van der Waals surface area contributed by atoms with Crippen LogP contribution in [0.4, 0.5) is 11.4 Å². The van der Waals surface area contributed by atoms with Crippen molar-refractivity contribution in [2.45, 2.75) is 29.6 Å². The molecule has 26 heavy (non-hydrogen) atoms. The quantitative estimate of drug-likeness (QED) is 0.566. The van der Waals surface area contributed by atoms with Gasteiger partial charge in [-0.1, -0.05) is 0 Å². The summed E-state index contributed by atoms with van der Waals surface area (Å²) in [5.41, 5.74) is 6.49. The predicted octanol–water partition coefficient (Wildman–Crippen LogP) is 2.38. The normalized spacial score (nSPS) is 11.0. The molecule has 0 aliphatic heterocycles. The second-order valence-electron chi connectivity index (χ2n) is 5.45. The molecule has 0 radical (unpaired) electrons. The minimum Gasteiger partial charge on any atom is -0.466 e. The number of benzene rings is 2. The van der Waals surface area contributed by atoms with Crippen LogP contribution in [0.1, 0.15) is 19.8 Å². The number of nitrogen functional groups attached to an aromatic ring is 1. The molecule has 0 fully saturated rings. The molecule has 3 N–H and O–H groups in total. The first-order valence-corrected chi connectivity index (χ1v) is 9.47. The summed E-state index contributed by atoms with van der Waals surface area (Å²) in [7, 11) is -3.66. The fourth-order valence-electron chi connectivity index (χ4n) is 2.17. The van der Waals surface area contributed by atoms with Crippen LogP contribution in [0.2, 0.25) is 0 Å². The Hall–Kier alpha value is -2.87. The number of rotatable bonds is 7. The number of anilines is 2. The van der Waals surface area contributed by atoms with Gasteiger partial charge in [0.25, 0.3) is 0 Å².